The van der Waals surface area contributed by atoms with Crippen LogP contribution in [0.5, 0.6) is 0 Å². The number of benzene rings is 1. The lowest BCUT2D eigenvalue weighted by atomic mass is 9.98. The third-order valence-corrected chi connectivity index (χ3v) is 4.19. The number of hydrogen-bond acceptors (Lipinski definition) is 4. The minimum absolute atomic E-state index is 0.342. The van der Waals surface area contributed by atoms with Crippen LogP contribution in [0.15, 0.2) is 18.2 Å². The van der Waals surface area contributed by atoms with Gasteiger partial charge in [-0.1, -0.05) is 11.6 Å². The van der Waals surface area contributed by atoms with Crippen molar-refractivity contribution in [1.29, 1.82) is 0 Å². The van der Waals surface area contributed by atoms with Crippen molar-refractivity contribution in [3.8, 4) is 0 Å². The minimum atomic E-state index is -0.342. The fraction of sp³-hybridized carbons (Fsp3) is 0.533. The first kappa shape index (κ1) is 15.1. The van der Waals surface area contributed by atoms with E-state index in [0.717, 1.165) is 25.1 Å². The highest BCUT2D eigenvalue weighted by Crippen LogP contribution is 2.26. The number of halogens is 1. The van der Waals surface area contributed by atoms with Gasteiger partial charge in [-0.2, -0.15) is 0 Å². The van der Waals surface area contributed by atoms with Gasteiger partial charge in [0, 0.05) is 23.7 Å². The summed E-state index contributed by atoms with van der Waals surface area (Å²) in [6.07, 6.45) is 2.09. The number of esters is 1. The largest absolute Gasteiger partial charge is 0.465 e. The number of piperidine rings is 1. The number of methoxy groups -OCH3 is 1. The van der Waals surface area contributed by atoms with Gasteiger partial charge in [0.05, 0.1) is 18.4 Å². The van der Waals surface area contributed by atoms with Gasteiger partial charge in [-0.3, -0.25) is 0 Å². The van der Waals surface area contributed by atoms with Gasteiger partial charge >= 0.3 is 5.97 Å². The van der Waals surface area contributed by atoms with Gasteiger partial charge in [-0.25, -0.2) is 4.79 Å². The van der Waals surface area contributed by atoms with E-state index in [1.54, 1.807) is 18.2 Å². The van der Waals surface area contributed by atoms with Gasteiger partial charge in [-0.15, -0.1) is 0 Å². The van der Waals surface area contributed by atoms with E-state index in [-0.39, 0.29) is 5.97 Å². The van der Waals surface area contributed by atoms with E-state index in [2.05, 4.69) is 24.2 Å². The van der Waals surface area contributed by atoms with Crippen LogP contribution in [0.2, 0.25) is 5.02 Å². The zero-order chi connectivity index (χ0) is 14.7. The minimum Gasteiger partial charge on any atom is -0.465 e. The van der Waals surface area contributed by atoms with Crippen LogP contribution in [0.1, 0.15) is 30.1 Å². The van der Waals surface area contributed by atoms with Crippen LogP contribution < -0.4 is 5.32 Å². The van der Waals surface area contributed by atoms with Gasteiger partial charge in [0.1, 0.15) is 0 Å². The molecule has 0 radical (unpaired) electrons. The topological polar surface area (TPSA) is 41.6 Å². The summed E-state index contributed by atoms with van der Waals surface area (Å²) in [4.78, 5) is 14.1. The zero-order valence-electron chi connectivity index (χ0n) is 12.1. The summed E-state index contributed by atoms with van der Waals surface area (Å²) in [7, 11) is 3.53. The second-order valence-electron chi connectivity index (χ2n) is 5.38. The maximum Gasteiger partial charge on any atom is 0.339 e. The number of carbonyl (C=O) groups excluding carboxylic acids is 1. The summed E-state index contributed by atoms with van der Waals surface area (Å²) in [5.41, 5.74) is 1.29. The molecule has 0 aliphatic carbocycles. The van der Waals surface area contributed by atoms with Crippen LogP contribution in [0.3, 0.4) is 0 Å². The van der Waals surface area contributed by atoms with E-state index in [1.165, 1.54) is 7.11 Å². The van der Waals surface area contributed by atoms with Crippen molar-refractivity contribution in [3.05, 3.63) is 28.8 Å². The average Bonchev–Trinajstić information content (AvgIpc) is 2.42. The summed E-state index contributed by atoms with van der Waals surface area (Å²) in [5.74, 6) is -0.342. The Hall–Kier alpha value is -1.26. The molecule has 1 saturated heterocycles. The molecule has 2 unspecified atom stereocenters. The molecule has 5 heteroatoms. The monoisotopic (exact) mass is 296 g/mol. The predicted molar refractivity (Wildman–Crippen MR) is 81.5 cm³/mol. The maximum atomic E-state index is 11.8. The SMILES string of the molecule is COC(=O)c1ccc(Cl)cc1NC1CCN(C)C(C)C1. The number of rotatable bonds is 3. The van der Waals surface area contributed by atoms with E-state index in [4.69, 9.17) is 16.3 Å². The third-order valence-electron chi connectivity index (χ3n) is 3.95. The highest BCUT2D eigenvalue weighted by molar-refractivity contribution is 6.31. The third kappa shape index (κ3) is 3.44. The molecule has 0 spiro atoms. The predicted octanol–water partition coefficient (Wildman–Crippen LogP) is 3.02. The molecule has 1 heterocycles. The standard InChI is InChI=1S/C15H21ClN2O2/c1-10-8-12(6-7-18(10)2)17-14-9-11(16)4-5-13(14)15(19)20-3/h4-5,9-10,12,17H,6-8H2,1-3H3. The second kappa shape index (κ2) is 6.46. The molecule has 1 N–H and O–H groups in total. The molecule has 0 amide bonds. The molecule has 1 fully saturated rings. The molecule has 4 nitrogen and oxygen atoms in total. The van der Waals surface area contributed by atoms with Crippen molar-refractivity contribution < 1.29 is 9.53 Å². The smallest absolute Gasteiger partial charge is 0.339 e. The fourth-order valence-corrected chi connectivity index (χ4v) is 2.74. The number of nitrogens with one attached hydrogen (secondary N) is 1. The van der Waals surface area contributed by atoms with Crippen LogP contribution in [-0.4, -0.2) is 43.7 Å². The van der Waals surface area contributed by atoms with E-state index >= 15 is 0 Å². The van der Waals surface area contributed by atoms with E-state index in [1.807, 2.05) is 0 Å². The first-order valence-corrected chi connectivity index (χ1v) is 7.23. The molecular formula is C15H21ClN2O2. The summed E-state index contributed by atoms with van der Waals surface area (Å²) in [6.45, 7) is 3.26. The van der Waals surface area contributed by atoms with Crippen molar-refractivity contribution in [2.24, 2.45) is 0 Å². The molecule has 20 heavy (non-hydrogen) atoms. The van der Waals surface area contributed by atoms with Gasteiger partial charge in [-0.05, 0) is 45.0 Å². The molecule has 0 aromatic heterocycles. The number of hydrogen-bond donors (Lipinski definition) is 1. The Kier molecular flexibility index (Phi) is 4.89. The molecular weight excluding hydrogens is 276 g/mol. The van der Waals surface area contributed by atoms with Crippen LogP contribution in [-0.2, 0) is 4.74 Å². The molecule has 1 aliphatic rings. The normalized spacial score (nSPS) is 23.4. The molecule has 0 saturated carbocycles. The number of likely N-dealkylation sites (tertiary alicyclic amines) is 1. The van der Waals surface area contributed by atoms with Crippen LogP contribution in [0.25, 0.3) is 0 Å². The Bertz CT molecular complexity index is 493. The Labute approximate surface area is 125 Å². The molecule has 110 valence electrons. The van der Waals surface area contributed by atoms with Crippen LogP contribution in [0.4, 0.5) is 5.69 Å². The van der Waals surface area contributed by atoms with Crippen molar-refractivity contribution in [2.75, 3.05) is 26.0 Å². The zero-order valence-corrected chi connectivity index (χ0v) is 12.9. The number of ether oxygens (including phenoxy) is 1. The summed E-state index contributed by atoms with van der Waals surface area (Å²) in [6, 6.07) is 6.08. The van der Waals surface area contributed by atoms with Crippen molar-refractivity contribution in [1.82, 2.24) is 4.90 Å². The Morgan fingerprint density at radius 1 is 1.50 bits per heavy atom. The molecule has 1 aromatic rings. The number of nitrogens with zero attached hydrogens (tertiary/aromatic N) is 1. The first-order chi connectivity index (χ1) is 9.51. The summed E-state index contributed by atoms with van der Waals surface area (Å²) in [5, 5.41) is 4.06. The van der Waals surface area contributed by atoms with Crippen LogP contribution in [0, 0.1) is 0 Å². The fourth-order valence-electron chi connectivity index (χ4n) is 2.56. The Balaban J connectivity index is 2.16. The number of anilines is 1. The van der Waals surface area contributed by atoms with Crippen molar-refractivity contribution in [3.63, 3.8) is 0 Å². The van der Waals surface area contributed by atoms with Crippen molar-refractivity contribution >= 4 is 23.3 Å². The molecule has 1 aromatic carbocycles. The van der Waals surface area contributed by atoms with Gasteiger partial charge in [0.25, 0.3) is 0 Å². The van der Waals surface area contributed by atoms with Gasteiger partial charge < -0.3 is 15.0 Å². The lowest BCUT2D eigenvalue weighted by Gasteiger charge is -2.36. The highest BCUT2D eigenvalue weighted by atomic mass is 35.5. The van der Waals surface area contributed by atoms with Crippen LogP contribution >= 0.6 is 11.6 Å². The number of carbonyl (C=O) groups is 1. The molecule has 0 bridgehead atoms. The van der Waals surface area contributed by atoms with E-state index in [9.17, 15) is 4.79 Å². The Morgan fingerprint density at radius 2 is 2.25 bits per heavy atom. The first-order valence-electron chi connectivity index (χ1n) is 6.86. The second-order valence-corrected chi connectivity index (χ2v) is 5.81. The summed E-state index contributed by atoms with van der Waals surface area (Å²) >= 11 is 6.03. The Morgan fingerprint density at radius 3 is 2.90 bits per heavy atom. The van der Waals surface area contributed by atoms with E-state index in [0.29, 0.717) is 22.7 Å². The summed E-state index contributed by atoms with van der Waals surface area (Å²) < 4.78 is 4.81. The maximum absolute atomic E-state index is 11.8. The highest BCUT2D eigenvalue weighted by Gasteiger charge is 2.24. The van der Waals surface area contributed by atoms with Gasteiger partial charge in [0.15, 0.2) is 0 Å². The van der Waals surface area contributed by atoms with E-state index < -0.39 is 0 Å². The van der Waals surface area contributed by atoms with Crippen molar-refractivity contribution in [2.45, 2.75) is 31.8 Å². The average molecular weight is 297 g/mol. The lowest BCUT2D eigenvalue weighted by Crippen LogP contribution is -2.42. The quantitative estimate of drug-likeness (QED) is 0.871. The molecule has 2 atom stereocenters. The van der Waals surface area contributed by atoms with Gasteiger partial charge in [0.2, 0.25) is 0 Å². The molecule has 1 aliphatic heterocycles. The molecule has 2 rings (SSSR count). The lowest BCUT2D eigenvalue weighted by molar-refractivity contribution is 0.0601.